The van der Waals surface area contributed by atoms with E-state index in [0.29, 0.717) is 25.3 Å². The minimum atomic E-state index is -0.407. The molecule has 1 fully saturated rings. The maximum Gasteiger partial charge on any atom is 0.257 e. The van der Waals surface area contributed by atoms with E-state index < -0.39 is 5.82 Å². The predicted molar refractivity (Wildman–Crippen MR) is 70.6 cm³/mol. The Labute approximate surface area is 116 Å². The van der Waals surface area contributed by atoms with Crippen LogP contribution in [0, 0.1) is 11.7 Å². The highest BCUT2D eigenvalue weighted by Gasteiger charge is 2.26. The van der Waals surface area contributed by atoms with E-state index in [1.165, 1.54) is 18.2 Å². The number of halogens is 1. The summed E-state index contributed by atoms with van der Waals surface area (Å²) in [6.07, 6.45) is 0.460. The number of nitrogens with zero attached hydrogens (tertiary/aromatic N) is 1. The van der Waals surface area contributed by atoms with Crippen molar-refractivity contribution in [3.63, 3.8) is 0 Å². The van der Waals surface area contributed by atoms with Crippen molar-refractivity contribution in [2.75, 3.05) is 26.7 Å². The van der Waals surface area contributed by atoms with Crippen LogP contribution in [0.15, 0.2) is 24.3 Å². The summed E-state index contributed by atoms with van der Waals surface area (Å²) in [4.78, 5) is 24.6. The summed E-state index contributed by atoms with van der Waals surface area (Å²) in [6, 6.07) is 5.63. The lowest BCUT2D eigenvalue weighted by Gasteiger charge is -2.12. The molecule has 0 spiro atoms. The molecule has 0 aromatic heterocycles. The Bertz CT molecular complexity index is 507. The van der Waals surface area contributed by atoms with Gasteiger partial charge in [0, 0.05) is 38.5 Å². The molecule has 5 nitrogen and oxygen atoms in total. The first-order valence-electron chi connectivity index (χ1n) is 6.43. The second-order valence-corrected chi connectivity index (χ2v) is 4.89. The third-order valence-electron chi connectivity index (χ3n) is 3.18. The number of rotatable bonds is 5. The summed E-state index contributed by atoms with van der Waals surface area (Å²) in [5, 5.41) is 2.71. The van der Waals surface area contributed by atoms with E-state index in [1.807, 2.05) is 0 Å². The molecular weight excluding hydrogens is 263 g/mol. The van der Waals surface area contributed by atoms with E-state index in [2.05, 4.69) is 5.32 Å². The van der Waals surface area contributed by atoms with E-state index in [9.17, 15) is 14.0 Å². The highest BCUT2D eigenvalue weighted by molar-refractivity contribution is 5.79. The molecule has 1 saturated heterocycles. The lowest BCUT2D eigenvalue weighted by atomic mass is 10.1. The average Bonchev–Trinajstić information content (AvgIpc) is 2.73. The molecule has 1 aliphatic heterocycles. The standard InChI is InChI=1S/C14H17FN2O3/c1-17-8-10(5-14(17)19)7-16-13(18)9-20-12-4-2-3-11(15)6-12/h2-4,6,10H,5,7-9H2,1H3,(H,16,18). The zero-order valence-electron chi connectivity index (χ0n) is 11.3. The smallest absolute Gasteiger partial charge is 0.257 e. The van der Waals surface area contributed by atoms with Gasteiger partial charge in [-0.15, -0.1) is 0 Å². The first kappa shape index (κ1) is 14.3. The fourth-order valence-corrected chi connectivity index (χ4v) is 2.11. The molecule has 1 aliphatic rings. The van der Waals surface area contributed by atoms with Gasteiger partial charge >= 0.3 is 0 Å². The Hall–Kier alpha value is -2.11. The van der Waals surface area contributed by atoms with Crippen LogP contribution >= 0.6 is 0 Å². The summed E-state index contributed by atoms with van der Waals surface area (Å²) in [5.41, 5.74) is 0. The molecule has 0 saturated carbocycles. The van der Waals surface area contributed by atoms with E-state index in [-0.39, 0.29) is 24.3 Å². The van der Waals surface area contributed by atoms with Gasteiger partial charge in [0.05, 0.1) is 0 Å². The van der Waals surface area contributed by atoms with E-state index in [0.717, 1.165) is 0 Å². The van der Waals surface area contributed by atoms with Gasteiger partial charge in [-0.05, 0) is 12.1 Å². The minimum Gasteiger partial charge on any atom is -0.484 e. The SMILES string of the molecule is CN1CC(CNC(=O)COc2cccc(F)c2)CC1=O. The molecule has 0 radical (unpaired) electrons. The quantitative estimate of drug-likeness (QED) is 0.868. The highest BCUT2D eigenvalue weighted by Crippen LogP contribution is 2.15. The van der Waals surface area contributed by atoms with Crippen molar-refractivity contribution in [2.45, 2.75) is 6.42 Å². The fraction of sp³-hybridized carbons (Fsp3) is 0.429. The van der Waals surface area contributed by atoms with E-state index in [4.69, 9.17) is 4.74 Å². The van der Waals surface area contributed by atoms with Crippen LogP contribution in [0.5, 0.6) is 5.75 Å². The number of carbonyl (C=O) groups is 2. The van der Waals surface area contributed by atoms with Gasteiger partial charge < -0.3 is 15.0 Å². The van der Waals surface area contributed by atoms with Crippen molar-refractivity contribution in [3.8, 4) is 5.75 Å². The van der Waals surface area contributed by atoms with Crippen LogP contribution in [-0.4, -0.2) is 43.5 Å². The zero-order valence-corrected chi connectivity index (χ0v) is 11.3. The fourth-order valence-electron chi connectivity index (χ4n) is 2.11. The monoisotopic (exact) mass is 280 g/mol. The van der Waals surface area contributed by atoms with Crippen molar-refractivity contribution < 1.29 is 18.7 Å². The molecule has 0 aliphatic carbocycles. The Morgan fingerprint density at radius 1 is 1.55 bits per heavy atom. The molecule has 1 aromatic rings. The van der Waals surface area contributed by atoms with Crippen LogP contribution in [0.25, 0.3) is 0 Å². The van der Waals surface area contributed by atoms with Gasteiger partial charge in [0.2, 0.25) is 5.91 Å². The number of nitrogens with one attached hydrogen (secondary N) is 1. The number of hydrogen-bond donors (Lipinski definition) is 1. The molecule has 1 atom stereocenters. The molecule has 20 heavy (non-hydrogen) atoms. The first-order chi connectivity index (χ1) is 9.54. The van der Waals surface area contributed by atoms with Crippen LogP contribution in [0.2, 0.25) is 0 Å². The minimum absolute atomic E-state index is 0.0975. The van der Waals surface area contributed by atoms with Gasteiger partial charge in [-0.3, -0.25) is 9.59 Å². The number of benzene rings is 1. The van der Waals surface area contributed by atoms with Crippen molar-refractivity contribution in [2.24, 2.45) is 5.92 Å². The first-order valence-corrected chi connectivity index (χ1v) is 6.43. The van der Waals surface area contributed by atoms with Gasteiger partial charge in [0.25, 0.3) is 5.91 Å². The lowest BCUT2D eigenvalue weighted by Crippen LogP contribution is -2.33. The lowest BCUT2D eigenvalue weighted by molar-refractivity contribution is -0.126. The topological polar surface area (TPSA) is 58.6 Å². The summed E-state index contributed by atoms with van der Waals surface area (Å²) in [5.74, 6) is -0.131. The molecule has 6 heteroatoms. The third kappa shape index (κ3) is 3.94. The number of hydrogen-bond acceptors (Lipinski definition) is 3. The molecule has 1 N–H and O–H groups in total. The summed E-state index contributed by atoms with van der Waals surface area (Å²) in [6.45, 7) is 0.936. The number of ether oxygens (including phenoxy) is 1. The van der Waals surface area contributed by atoms with E-state index >= 15 is 0 Å². The second-order valence-electron chi connectivity index (χ2n) is 4.89. The maximum atomic E-state index is 12.9. The Kier molecular flexibility index (Phi) is 4.55. The summed E-state index contributed by atoms with van der Waals surface area (Å²) in [7, 11) is 1.75. The van der Waals surface area contributed by atoms with Gasteiger partial charge in [-0.2, -0.15) is 0 Å². The molecule has 108 valence electrons. The molecule has 1 aromatic carbocycles. The van der Waals surface area contributed by atoms with Gasteiger partial charge in [-0.1, -0.05) is 6.07 Å². The predicted octanol–water partition coefficient (Wildman–Crippen LogP) is 0.799. The van der Waals surface area contributed by atoms with E-state index in [1.54, 1.807) is 18.0 Å². The maximum absolute atomic E-state index is 12.9. The third-order valence-corrected chi connectivity index (χ3v) is 3.18. The number of carbonyl (C=O) groups excluding carboxylic acids is 2. The Morgan fingerprint density at radius 2 is 2.35 bits per heavy atom. The van der Waals surface area contributed by atoms with Crippen molar-refractivity contribution in [1.82, 2.24) is 10.2 Å². The molecule has 1 unspecified atom stereocenters. The molecule has 1 heterocycles. The van der Waals surface area contributed by atoms with Gasteiger partial charge in [0.15, 0.2) is 6.61 Å². The summed E-state index contributed by atoms with van der Waals surface area (Å²) < 4.78 is 18.1. The van der Waals surface area contributed by atoms with Crippen LogP contribution in [0.3, 0.4) is 0 Å². The zero-order chi connectivity index (χ0) is 14.5. The normalized spacial score (nSPS) is 18.2. The largest absolute Gasteiger partial charge is 0.484 e. The number of amides is 2. The van der Waals surface area contributed by atoms with Crippen molar-refractivity contribution in [3.05, 3.63) is 30.1 Å². The highest BCUT2D eigenvalue weighted by atomic mass is 19.1. The average molecular weight is 280 g/mol. The van der Waals surface area contributed by atoms with Crippen LogP contribution in [0.4, 0.5) is 4.39 Å². The van der Waals surface area contributed by atoms with Crippen molar-refractivity contribution >= 4 is 11.8 Å². The second kappa shape index (κ2) is 6.36. The molecule has 0 bridgehead atoms. The molecule has 2 amide bonds. The molecule has 2 rings (SSSR count). The van der Waals surface area contributed by atoms with Gasteiger partial charge in [0.1, 0.15) is 11.6 Å². The summed E-state index contributed by atoms with van der Waals surface area (Å²) >= 11 is 0. The molecular formula is C14H17FN2O3. The van der Waals surface area contributed by atoms with Crippen LogP contribution in [-0.2, 0) is 9.59 Å². The van der Waals surface area contributed by atoms with Crippen molar-refractivity contribution in [1.29, 1.82) is 0 Å². The van der Waals surface area contributed by atoms with Crippen LogP contribution < -0.4 is 10.1 Å². The Balaban J connectivity index is 1.70. The Morgan fingerprint density at radius 3 is 3.00 bits per heavy atom. The van der Waals surface area contributed by atoms with Gasteiger partial charge in [-0.25, -0.2) is 4.39 Å². The van der Waals surface area contributed by atoms with Crippen LogP contribution in [0.1, 0.15) is 6.42 Å². The number of likely N-dealkylation sites (tertiary alicyclic amines) is 1.